The molecule has 1 amide bonds. The molecule has 2 aromatic carbocycles. The monoisotopic (exact) mass is 499 g/mol. The molecule has 0 bridgehead atoms. The van der Waals surface area contributed by atoms with Gasteiger partial charge in [0.25, 0.3) is 5.91 Å². The highest BCUT2D eigenvalue weighted by atomic mass is 16.5. The van der Waals surface area contributed by atoms with Crippen molar-refractivity contribution in [2.75, 3.05) is 12.4 Å². The fourth-order valence-electron chi connectivity index (χ4n) is 4.03. The lowest BCUT2D eigenvalue weighted by molar-refractivity contribution is 0.0599. The molecule has 2 aromatic heterocycles. The van der Waals surface area contributed by atoms with Gasteiger partial charge in [-0.2, -0.15) is 5.10 Å². The van der Waals surface area contributed by atoms with Gasteiger partial charge in [-0.15, -0.1) is 6.58 Å². The summed E-state index contributed by atoms with van der Waals surface area (Å²) in [5.74, 6) is 0.645. The summed E-state index contributed by atoms with van der Waals surface area (Å²) in [7, 11) is 1.35. The minimum absolute atomic E-state index is 0.167. The van der Waals surface area contributed by atoms with Crippen LogP contribution in [-0.4, -0.2) is 28.8 Å². The fourth-order valence-corrected chi connectivity index (χ4v) is 4.03. The third-order valence-electron chi connectivity index (χ3n) is 5.96. The number of methoxy groups -OCH3 is 1. The van der Waals surface area contributed by atoms with Crippen molar-refractivity contribution >= 4 is 17.6 Å². The van der Waals surface area contributed by atoms with Crippen LogP contribution in [0.15, 0.2) is 77.7 Å². The average molecular weight is 500 g/mol. The summed E-state index contributed by atoms with van der Waals surface area (Å²) in [4.78, 5) is 25.1. The van der Waals surface area contributed by atoms with E-state index in [-0.39, 0.29) is 18.3 Å². The van der Waals surface area contributed by atoms with Crippen molar-refractivity contribution in [2.45, 2.75) is 33.4 Å². The molecule has 0 aliphatic heterocycles. The van der Waals surface area contributed by atoms with Crippen molar-refractivity contribution in [3.05, 3.63) is 113 Å². The molecule has 4 rings (SSSR count). The van der Waals surface area contributed by atoms with Crippen molar-refractivity contribution in [1.82, 2.24) is 9.78 Å². The Hall–Kier alpha value is -4.59. The van der Waals surface area contributed by atoms with Gasteiger partial charge < -0.3 is 19.2 Å². The van der Waals surface area contributed by atoms with Gasteiger partial charge in [-0.05, 0) is 55.7 Å². The molecule has 0 aliphatic rings. The first-order chi connectivity index (χ1) is 17.9. The van der Waals surface area contributed by atoms with Crippen LogP contribution >= 0.6 is 0 Å². The number of carbonyl (C=O) groups excluding carboxylic acids is 2. The van der Waals surface area contributed by atoms with Crippen molar-refractivity contribution in [2.24, 2.45) is 0 Å². The van der Waals surface area contributed by atoms with Crippen molar-refractivity contribution in [1.29, 1.82) is 0 Å². The van der Waals surface area contributed by atoms with E-state index in [4.69, 9.17) is 13.9 Å². The first-order valence-electron chi connectivity index (χ1n) is 11.8. The van der Waals surface area contributed by atoms with Crippen molar-refractivity contribution < 1.29 is 23.5 Å². The van der Waals surface area contributed by atoms with Crippen LogP contribution in [0.3, 0.4) is 0 Å². The summed E-state index contributed by atoms with van der Waals surface area (Å²) in [6.07, 6.45) is 2.52. The Balaban J connectivity index is 1.45. The van der Waals surface area contributed by atoms with Gasteiger partial charge >= 0.3 is 5.97 Å². The first kappa shape index (κ1) is 25.5. The van der Waals surface area contributed by atoms with E-state index in [0.29, 0.717) is 35.7 Å². The maximum absolute atomic E-state index is 12.9. The number of carbonyl (C=O) groups is 2. The number of benzene rings is 2. The third kappa shape index (κ3) is 5.81. The Morgan fingerprint density at radius 3 is 2.54 bits per heavy atom. The molecule has 0 atom stereocenters. The minimum Gasteiger partial charge on any atom is -0.485 e. The largest absolute Gasteiger partial charge is 0.485 e. The summed E-state index contributed by atoms with van der Waals surface area (Å²) >= 11 is 0. The molecule has 1 N–H and O–H groups in total. The second-order valence-electron chi connectivity index (χ2n) is 8.46. The lowest BCUT2D eigenvalue weighted by Gasteiger charge is -2.10. The van der Waals surface area contributed by atoms with Gasteiger partial charge in [0, 0.05) is 0 Å². The molecule has 0 fully saturated rings. The van der Waals surface area contributed by atoms with E-state index < -0.39 is 5.97 Å². The molecule has 0 radical (unpaired) electrons. The van der Waals surface area contributed by atoms with E-state index >= 15 is 0 Å². The number of esters is 1. The number of hydrogen-bond donors (Lipinski definition) is 1. The highest BCUT2D eigenvalue weighted by Gasteiger charge is 2.19. The molecule has 0 saturated carbocycles. The Labute approximate surface area is 215 Å². The van der Waals surface area contributed by atoms with E-state index in [1.807, 2.05) is 56.3 Å². The number of nitrogens with zero attached hydrogens (tertiary/aromatic N) is 2. The number of aromatic nitrogens is 2. The Kier molecular flexibility index (Phi) is 7.88. The summed E-state index contributed by atoms with van der Waals surface area (Å²) in [6.45, 7) is 7.99. The zero-order chi connectivity index (χ0) is 26.4. The lowest BCUT2D eigenvalue weighted by Crippen LogP contribution is -2.13. The van der Waals surface area contributed by atoms with Crippen LogP contribution in [0.2, 0.25) is 0 Å². The smallest absolute Gasteiger partial charge is 0.338 e. The van der Waals surface area contributed by atoms with Crippen LogP contribution in [0.25, 0.3) is 0 Å². The van der Waals surface area contributed by atoms with Gasteiger partial charge in [0.05, 0.1) is 36.3 Å². The van der Waals surface area contributed by atoms with Crippen LogP contribution < -0.4 is 10.1 Å². The molecule has 2 heterocycles. The normalized spacial score (nSPS) is 10.7. The molecule has 190 valence electrons. The number of anilines is 1. The molecular formula is C29H29N3O5. The van der Waals surface area contributed by atoms with Crippen molar-refractivity contribution in [3.63, 3.8) is 0 Å². The molecule has 0 unspecified atom stereocenters. The predicted octanol–water partition coefficient (Wildman–Crippen LogP) is 5.49. The van der Waals surface area contributed by atoms with Crippen LogP contribution in [0.1, 0.15) is 49.2 Å². The molecule has 0 saturated heterocycles. The quantitative estimate of drug-likeness (QED) is 0.229. The zero-order valence-electron chi connectivity index (χ0n) is 21.1. The van der Waals surface area contributed by atoms with Crippen LogP contribution in [-0.2, 0) is 24.3 Å². The van der Waals surface area contributed by atoms with Gasteiger partial charge in [0.1, 0.15) is 18.1 Å². The van der Waals surface area contributed by atoms with E-state index in [0.717, 1.165) is 22.6 Å². The highest BCUT2D eigenvalue weighted by Crippen LogP contribution is 2.24. The SMILES string of the molecule is C=CCc1ccccc1OCc1ccc(C(=O)Nc2c(C)nn(Cc3ccccc3C(=O)OC)c2C)o1. The Morgan fingerprint density at radius 2 is 1.78 bits per heavy atom. The number of aryl methyl sites for hydroxylation is 1. The standard InChI is InChI=1S/C29H29N3O5/c1-5-10-21-11-7-9-14-25(21)36-18-23-15-16-26(37-23)28(33)30-27-19(2)31-32(20(27)3)17-22-12-6-8-13-24(22)29(34)35-4/h5-9,11-16H,1,10,17-18H2,2-4H3,(H,30,33). The fraction of sp³-hybridized carbons (Fsp3) is 0.207. The molecular weight excluding hydrogens is 470 g/mol. The summed E-state index contributed by atoms with van der Waals surface area (Å²) in [6, 6.07) is 18.3. The maximum atomic E-state index is 12.9. The topological polar surface area (TPSA) is 95.6 Å². The number of furan rings is 1. The van der Waals surface area contributed by atoms with E-state index in [1.165, 1.54) is 7.11 Å². The minimum atomic E-state index is -0.410. The number of ether oxygens (including phenoxy) is 2. The number of amides is 1. The van der Waals surface area contributed by atoms with Crippen molar-refractivity contribution in [3.8, 4) is 5.75 Å². The van der Waals surface area contributed by atoms with Crippen LogP contribution in [0.4, 0.5) is 5.69 Å². The van der Waals surface area contributed by atoms with E-state index in [9.17, 15) is 9.59 Å². The molecule has 4 aromatic rings. The average Bonchev–Trinajstić information content (AvgIpc) is 3.49. The zero-order valence-corrected chi connectivity index (χ0v) is 21.1. The van der Waals surface area contributed by atoms with Crippen LogP contribution in [0, 0.1) is 13.8 Å². The van der Waals surface area contributed by atoms with Gasteiger partial charge in [-0.1, -0.05) is 42.5 Å². The molecule has 8 nitrogen and oxygen atoms in total. The number of nitrogens with one attached hydrogen (secondary N) is 1. The second kappa shape index (κ2) is 11.4. The van der Waals surface area contributed by atoms with Gasteiger partial charge in [0.15, 0.2) is 5.76 Å². The maximum Gasteiger partial charge on any atom is 0.338 e. The number of rotatable bonds is 10. The molecule has 0 aliphatic carbocycles. The summed E-state index contributed by atoms with van der Waals surface area (Å²) in [5.41, 5.74) is 4.26. The van der Waals surface area contributed by atoms with Gasteiger partial charge in [-0.25, -0.2) is 4.79 Å². The summed E-state index contributed by atoms with van der Waals surface area (Å²) < 4.78 is 18.3. The van der Waals surface area contributed by atoms with Gasteiger partial charge in [-0.3, -0.25) is 9.48 Å². The Bertz CT molecular complexity index is 1430. The van der Waals surface area contributed by atoms with E-state index in [1.54, 1.807) is 28.9 Å². The third-order valence-corrected chi connectivity index (χ3v) is 5.96. The lowest BCUT2D eigenvalue weighted by atomic mass is 10.1. The molecule has 8 heteroatoms. The number of para-hydroxylation sites is 1. The summed E-state index contributed by atoms with van der Waals surface area (Å²) in [5, 5.41) is 7.47. The second-order valence-corrected chi connectivity index (χ2v) is 8.46. The van der Waals surface area contributed by atoms with Crippen LogP contribution in [0.5, 0.6) is 5.75 Å². The molecule has 0 spiro atoms. The predicted molar refractivity (Wildman–Crippen MR) is 140 cm³/mol. The number of hydrogen-bond acceptors (Lipinski definition) is 6. The molecule has 37 heavy (non-hydrogen) atoms. The van der Waals surface area contributed by atoms with Gasteiger partial charge in [0.2, 0.25) is 0 Å². The highest BCUT2D eigenvalue weighted by molar-refractivity contribution is 6.03. The first-order valence-corrected chi connectivity index (χ1v) is 11.8. The van der Waals surface area contributed by atoms with E-state index in [2.05, 4.69) is 17.0 Å². The number of allylic oxidation sites excluding steroid dienone is 1. The Morgan fingerprint density at radius 1 is 1.05 bits per heavy atom.